The van der Waals surface area contributed by atoms with Crippen LogP contribution in [-0.4, -0.2) is 40.5 Å². The van der Waals surface area contributed by atoms with Crippen LogP contribution in [-0.2, 0) is 14.0 Å². The van der Waals surface area contributed by atoms with Crippen LogP contribution in [0.25, 0.3) is 0 Å². The van der Waals surface area contributed by atoms with Crippen LogP contribution in [0.4, 0.5) is 4.79 Å². The summed E-state index contributed by atoms with van der Waals surface area (Å²) in [5.74, 6) is 0.201. The molecule has 4 nitrogen and oxygen atoms in total. The van der Waals surface area contributed by atoms with E-state index in [1.54, 1.807) is 0 Å². The highest BCUT2D eigenvalue weighted by atomic mass is 28.4. The molecule has 172 valence electrons. The largest absolute Gasteiger partial charge is 0.470 e. The quantitative estimate of drug-likeness (QED) is 0.210. The molecule has 1 unspecified atom stereocenters. The van der Waals surface area contributed by atoms with Crippen molar-refractivity contribution in [2.75, 3.05) is 6.61 Å². The second kappa shape index (κ2) is 10.1. The molecule has 0 spiro atoms. The molecule has 0 bridgehead atoms. The Morgan fingerprint density at radius 3 is 2.20 bits per heavy atom. The van der Waals surface area contributed by atoms with E-state index in [0.717, 1.165) is 18.4 Å². The Kier molecular flexibility index (Phi) is 9.10. The molecule has 1 rings (SSSR count). The van der Waals surface area contributed by atoms with Crippen LogP contribution in [0.1, 0.15) is 67.2 Å². The van der Waals surface area contributed by atoms with Gasteiger partial charge in [-0.2, -0.15) is 0 Å². The lowest BCUT2D eigenvalue weighted by atomic mass is 10.1. The normalized spacial score (nSPS) is 18.8. The Labute approximate surface area is 186 Å². The monoisotopic (exact) mass is 452 g/mol. The Hall–Kier alpha value is -0.986. The molecule has 0 fully saturated rings. The zero-order chi connectivity index (χ0) is 23.4. The molecule has 1 aliphatic carbocycles. The number of hydrogen-bond acceptors (Lipinski definition) is 4. The van der Waals surface area contributed by atoms with Crippen molar-refractivity contribution < 1.29 is 18.8 Å². The summed E-state index contributed by atoms with van der Waals surface area (Å²) in [5.41, 5.74) is 0.854. The van der Waals surface area contributed by atoms with E-state index in [2.05, 4.69) is 73.8 Å². The molecule has 0 amide bonds. The van der Waals surface area contributed by atoms with Gasteiger partial charge in [-0.15, -0.1) is 0 Å². The SMILES string of the molecule is CC(C)(C)[Si](C)(C)OC1C=C(CC=CCCCOC(=O)[Si](C)(C)C(C)(C)C)C(=O)C1. The van der Waals surface area contributed by atoms with Crippen molar-refractivity contribution in [1.82, 2.24) is 0 Å². The van der Waals surface area contributed by atoms with E-state index in [0.29, 0.717) is 19.4 Å². The van der Waals surface area contributed by atoms with Gasteiger partial charge in [-0.25, -0.2) is 0 Å². The van der Waals surface area contributed by atoms with Crippen molar-refractivity contribution in [2.24, 2.45) is 0 Å². The first kappa shape index (κ1) is 27.0. The highest BCUT2D eigenvalue weighted by Crippen LogP contribution is 2.39. The maximum absolute atomic E-state index is 12.4. The van der Waals surface area contributed by atoms with Gasteiger partial charge in [0, 0.05) is 6.42 Å². The highest BCUT2D eigenvalue weighted by Gasteiger charge is 2.44. The summed E-state index contributed by atoms with van der Waals surface area (Å²) in [6.07, 6.45) is 8.85. The fraction of sp³-hybridized carbons (Fsp3) is 0.750. The van der Waals surface area contributed by atoms with E-state index in [1.165, 1.54) is 0 Å². The van der Waals surface area contributed by atoms with Crippen LogP contribution in [0.2, 0.25) is 36.3 Å². The van der Waals surface area contributed by atoms with Crippen LogP contribution < -0.4 is 0 Å². The van der Waals surface area contributed by atoms with Crippen molar-refractivity contribution in [3.63, 3.8) is 0 Å². The molecule has 30 heavy (non-hydrogen) atoms. The van der Waals surface area contributed by atoms with E-state index < -0.39 is 16.4 Å². The topological polar surface area (TPSA) is 52.6 Å². The smallest absolute Gasteiger partial charge is 0.271 e. The second-order valence-corrected chi connectivity index (χ2v) is 21.5. The predicted octanol–water partition coefficient (Wildman–Crippen LogP) is 7.23. The van der Waals surface area contributed by atoms with Gasteiger partial charge in [-0.05, 0) is 54.1 Å². The fourth-order valence-electron chi connectivity index (χ4n) is 2.68. The molecule has 0 saturated carbocycles. The summed E-state index contributed by atoms with van der Waals surface area (Å²) in [4.78, 5) is 24.7. The number of allylic oxidation sites excluding steroid dienone is 3. The Morgan fingerprint density at radius 2 is 1.67 bits per heavy atom. The molecule has 0 aromatic rings. The van der Waals surface area contributed by atoms with Gasteiger partial charge >= 0.3 is 0 Å². The zero-order valence-electron chi connectivity index (χ0n) is 21.0. The molecule has 0 radical (unpaired) electrons. The molecule has 1 atom stereocenters. The Balaban J connectivity index is 2.41. The lowest BCUT2D eigenvalue weighted by Gasteiger charge is -2.37. The summed E-state index contributed by atoms with van der Waals surface area (Å²) >= 11 is 0. The predicted molar refractivity (Wildman–Crippen MR) is 131 cm³/mol. The molecule has 0 aromatic carbocycles. The van der Waals surface area contributed by atoms with Gasteiger partial charge in [0.05, 0.1) is 12.7 Å². The van der Waals surface area contributed by atoms with E-state index in [9.17, 15) is 9.59 Å². The number of hydrogen-bond donors (Lipinski definition) is 0. The third kappa shape index (κ3) is 7.31. The Bertz CT molecular complexity index is 676. The molecular formula is C24H44O4Si2. The van der Waals surface area contributed by atoms with Crippen molar-refractivity contribution in [2.45, 2.75) is 110 Å². The van der Waals surface area contributed by atoms with Crippen molar-refractivity contribution in [1.29, 1.82) is 0 Å². The van der Waals surface area contributed by atoms with Gasteiger partial charge in [0.25, 0.3) is 5.59 Å². The minimum Gasteiger partial charge on any atom is -0.470 e. The van der Waals surface area contributed by atoms with Gasteiger partial charge in [-0.3, -0.25) is 9.59 Å². The zero-order valence-corrected chi connectivity index (χ0v) is 23.0. The maximum Gasteiger partial charge on any atom is 0.271 e. The van der Waals surface area contributed by atoms with Gasteiger partial charge in [0.2, 0.25) is 0 Å². The average Bonchev–Trinajstić information content (AvgIpc) is 2.90. The number of rotatable bonds is 9. The van der Waals surface area contributed by atoms with E-state index in [1.807, 2.05) is 12.2 Å². The third-order valence-electron chi connectivity index (χ3n) is 7.02. The van der Waals surface area contributed by atoms with Crippen LogP contribution in [0.15, 0.2) is 23.8 Å². The highest BCUT2D eigenvalue weighted by molar-refractivity contribution is 7.05. The minimum absolute atomic E-state index is 0.00230. The third-order valence-corrected chi connectivity index (χ3v) is 16.4. The number of ether oxygens (including phenoxy) is 1. The van der Waals surface area contributed by atoms with Crippen molar-refractivity contribution >= 4 is 27.8 Å². The summed E-state index contributed by atoms with van der Waals surface area (Å²) in [7, 11) is -3.95. The second-order valence-electron chi connectivity index (χ2n) is 11.6. The van der Waals surface area contributed by atoms with Crippen molar-refractivity contribution in [3.8, 4) is 0 Å². The number of unbranched alkanes of at least 4 members (excludes halogenated alkanes) is 1. The van der Waals surface area contributed by atoms with Gasteiger partial charge < -0.3 is 9.16 Å². The van der Waals surface area contributed by atoms with E-state index in [4.69, 9.17) is 9.16 Å². The molecule has 0 saturated heterocycles. The number of carbonyl (C=O) groups excluding carboxylic acids is 2. The lowest BCUT2D eigenvalue weighted by molar-refractivity contribution is -0.115. The van der Waals surface area contributed by atoms with E-state index >= 15 is 0 Å². The molecule has 6 heteroatoms. The van der Waals surface area contributed by atoms with Crippen LogP contribution in [0.3, 0.4) is 0 Å². The van der Waals surface area contributed by atoms with Gasteiger partial charge in [0.15, 0.2) is 22.2 Å². The summed E-state index contributed by atoms with van der Waals surface area (Å²) in [5, 5.41) is 0.137. The molecule has 1 aliphatic rings. The van der Waals surface area contributed by atoms with Crippen LogP contribution in [0, 0.1) is 0 Å². The first-order valence-electron chi connectivity index (χ1n) is 11.2. The van der Waals surface area contributed by atoms with Gasteiger partial charge in [0.1, 0.15) is 0 Å². The molecule has 0 aromatic heterocycles. The van der Waals surface area contributed by atoms with E-state index in [-0.39, 0.29) is 27.6 Å². The molecular weight excluding hydrogens is 408 g/mol. The lowest BCUT2D eigenvalue weighted by Crippen LogP contribution is -2.46. The number of Topliss-reactive ketones (excluding diaryl/α,β-unsaturated/α-hetero) is 1. The average molecular weight is 453 g/mol. The van der Waals surface area contributed by atoms with Crippen molar-refractivity contribution in [3.05, 3.63) is 23.8 Å². The minimum atomic E-state index is -2.08. The first-order valence-corrected chi connectivity index (χ1v) is 17.1. The van der Waals surface area contributed by atoms with Gasteiger partial charge in [-0.1, -0.05) is 66.8 Å². The van der Waals surface area contributed by atoms with Crippen LogP contribution in [0.5, 0.6) is 0 Å². The fourth-order valence-corrected chi connectivity index (χ4v) is 5.02. The summed E-state index contributed by atoms with van der Waals surface area (Å²) in [6.45, 7) is 22.0. The number of ketones is 1. The summed E-state index contributed by atoms with van der Waals surface area (Å²) in [6, 6.07) is 0. The maximum atomic E-state index is 12.4. The summed E-state index contributed by atoms with van der Waals surface area (Å²) < 4.78 is 11.9. The molecule has 0 heterocycles. The van der Waals surface area contributed by atoms with Crippen LogP contribution >= 0.6 is 0 Å². The first-order chi connectivity index (χ1) is 13.5. The molecule has 0 aliphatic heterocycles. The number of carbonyl (C=O) groups is 2. The standard InChI is InChI=1S/C24H44O4Si2/c1-23(2,3)29(7,8)22(26)27-16-14-12-11-13-15-19-17-20(18-21(19)25)28-30(9,10)24(4,5)6/h11,13,17,20H,12,14-16,18H2,1-10H3. The molecule has 0 N–H and O–H groups in total. The Morgan fingerprint density at radius 1 is 1.07 bits per heavy atom.